The molecule has 3 fully saturated rings. The lowest BCUT2D eigenvalue weighted by molar-refractivity contribution is -0.123. The minimum atomic E-state index is -0.395. The highest BCUT2D eigenvalue weighted by molar-refractivity contribution is 9.12. The van der Waals surface area contributed by atoms with Crippen molar-refractivity contribution in [3.63, 3.8) is 0 Å². The Morgan fingerprint density at radius 2 is 1.59 bits per heavy atom. The zero-order valence-corrected chi connectivity index (χ0v) is 18.3. The predicted molar refractivity (Wildman–Crippen MR) is 108 cm³/mol. The van der Waals surface area contributed by atoms with Crippen LogP contribution in [0.2, 0.25) is 0 Å². The number of fused-ring (bicyclic) bond motifs is 5. The number of hydrogen-bond acceptors (Lipinski definition) is 4. The van der Waals surface area contributed by atoms with Gasteiger partial charge in [0.05, 0.1) is 29.7 Å². The molecule has 3 aliphatic rings. The highest BCUT2D eigenvalue weighted by atomic mass is 79.9. The van der Waals surface area contributed by atoms with Crippen molar-refractivity contribution in [2.75, 3.05) is 11.5 Å². The van der Waals surface area contributed by atoms with Crippen molar-refractivity contribution in [3.05, 3.63) is 29.8 Å². The van der Waals surface area contributed by atoms with Gasteiger partial charge in [0.25, 0.3) is 0 Å². The van der Waals surface area contributed by atoms with Crippen molar-refractivity contribution in [2.45, 2.75) is 29.9 Å². The number of hydrogen-bond donors (Lipinski definition) is 0. The lowest BCUT2D eigenvalue weighted by Gasteiger charge is -2.28. The molecule has 7 heteroatoms. The van der Waals surface area contributed by atoms with Crippen LogP contribution in [0, 0.1) is 29.6 Å². The summed E-state index contributed by atoms with van der Waals surface area (Å²) < 4.78 is 5.22. The monoisotopic (exact) mass is 497 g/mol. The van der Waals surface area contributed by atoms with Crippen LogP contribution in [0.5, 0.6) is 0 Å². The second kappa shape index (κ2) is 6.99. The van der Waals surface area contributed by atoms with E-state index in [9.17, 15) is 14.4 Å². The van der Waals surface area contributed by atoms with Gasteiger partial charge in [0.15, 0.2) is 0 Å². The average molecular weight is 499 g/mol. The Labute approximate surface area is 175 Å². The van der Waals surface area contributed by atoms with E-state index in [0.717, 1.165) is 6.42 Å². The van der Waals surface area contributed by atoms with Crippen molar-refractivity contribution in [2.24, 2.45) is 29.6 Å². The Bertz CT molecular complexity index is 762. The van der Waals surface area contributed by atoms with Crippen LogP contribution in [-0.2, 0) is 14.3 Å². The largest absolute Gasteiger partial charge is 0.462 e. The third kappa shape index (κ3) is 2.97. The zero-order valence-electron chi connectivity index (χ0n) is 15.1. The third-order valence-electron chi connectivity index (χ3n) is 5.90. The summed E-state index contributed by atoms with van der Waals surface area (Å²) in [6.45, 7) is 4.30. The minimum Gasteiger partial charge on any atom is -0.462 e. The van der Waals surface area contributed by atoms with E-state index < -0.39 is 5.97 Å². The van der Waals surface area contributed by atoms with Gasteiger partial charge in [-0.15, -0.1) is 0 Å². The van der Waals surface area contributed by atoms with Gasteiger partial charge in [-0.1, -0.05) is 45.7 Å². The molecule has 0 aromatic heterocycles. The van der Waals surface area contributed by atoms with Gasteiger partial charge >= 0.3 is 5.97 Å². The average Bonchev–Trinajstić information content (AvgIpc) is 3.25. The van der Waals surface area contributed by atoms with Gasteiger partial charge in [-0.25, -0.2) is 4.79 Å². The number of nitrogens with zero attached hydrogens (tertiary/aromatic N) is 1. The van der Waals surface area contributed by atoms with Gasteiger partial charge in [-0.3, -0.25) is 14.5 Å². The van der Waals surface area contributed by atoms with Crippen molar-refractivity contribution >= 4 is 55.3 Å². The van der Waals surface area contributed by atoms with Crippen LogP contribution in [0.15, 0.2) is 24.3 Å². The number of amides is 2. The SMILES string of the molecule is CC(C)COC(=O)c1ccc(N2C(=O)C3C4CC(C(Br)C4Br)C3C2=O)cc1. The molecule has 144 valence electrons. The Morgan fingerprint density at radius 1 is 1.07 bits per heavy atom. The van der Waals surface area contributed by atoms with E-state index >= 15 is 0 Å². The van der Waals surface area contributed by atoms with Gasteiger partial charge in [0.2, 0.25) is 11.8 Å². The summed E-state index contributed by atoms with van der Waals surface area (Å²) in [5.74, 6) is -0.458. The van der Waals surface area contributed by atoms with Gasteiger partial charge < -0.3 is 4.74 Å². The molecule has 1 aromatic carbocycles. The number of ether oxygens (including phenoxy) is 1. The summed E-state index contributed by atoms with van der Waals surface area (Å²) in [6.07, 6.45) is 0.910. The Hall–Kier alpha value is -1.21. The maximum Gasteiger partial charge on any atom is 0.338 e. The second-order valence-electron chi connectivity index (χ2n) is 8.05. The molecule has 4 rings (SSSR count). The molecule has 27 heavy (non-hydrogen) atoms. The van der Waals surface area contributed by atoms with E-state index in [0.29, 0.717) is 17.9 Å². The topological polar surface area (TPSA) is 63.7 Å². The van der Waals surface area contributed by atoms with E-state index in [4.69, 9.17) is 4.74 Å². The maximum absolute atomic E-state index is 13.0. The van der Waals surface area contributed by atoms with Gasteiger partial charge in [-0.2, -0.15) is 0 Å². The molecule has 2 bridgehead atoms. The molecule has 0 spiro atoms. The van der Waals surface area contributed by atoms with Crippen LogP contribution in [0.4, 0.5) is 5.69 Å². The number of halogens is 2. The fraction of sp³-hybridized carbons (Fsp3) is 0.550. The van der Waals surface area contributed by atoms with Crippen LogP contribution in [0.1, 0.15) is 30.6 Å². The second-order valence-corrected chi connectivity index (χ2v) is 10.2. The van der Waals surface area contributed by atoms with E-state index in [1.165, 1.54) is 4.90 Å². The first-order valence-electron chi connectivity index (χ1n) is 9.24. The van der Waals surface area contributed by atoms with Crippen molar-refractivity contribution < 1.29 is 19.1 Å². The normalized spacial score (nSPS) is 34.5. The van der Waals surface area contributed by atoms with Gasteiger partial charge in [-0.05, 0) is 48.4 Å². The molecule has 1 heterocycles. The Morgan fingerprint density at radius 3 is 2.07 bits per heavy atom. The lowest BCUT2D eigenvalue weighted by Crippen LogP contribution is -2.37. The number of imide groups is 1. The molecule has 0 N–H and O–H groups in total. The molecule has 1 aliphatic heterocycles. The van der Waals surface area contributed by atoms with Crippen molar-refractivity contribution in [3.8, 4) is 0 Å². The van der Waals surface area contributed by atoms with Crippen molar-refractivity contribution in [1.82, 2.24) is 0 Å². The van der Waals surface area contributed by atoms with Crippen LogP contribution in [0.3, 0.4) is 0 Å². The lowest BCUT2D eigenvalue weighted by atomic mass is 9.81. The summed E-state index contributed by atoms with van der Waals surface area (Å²) in [7, 11) is 0. The molecule has 2 aliphatic carbocycles. The molecule has 1 aromatic rings. The summed E-state index contributed by atoms with van der Waals surface area (Å²) >= 11 is 7.38. The zero-order chi connectivity index (χ0) is 19.5. The molecule has 6 atom stereocenters. The molecule has 5 nitrogen and oxygen atoms in total. The predicted octanol–water partition coefficient (Wildman–Crippen LogP) is 3.78. The number of benzene rings is 1. The first-order valence-corrected chi connectivity index (χ1v) is 11.1. The molecule has 0 radical (unpaired) electrons. The van der Waals surface area contributed by atoms with Crippen LogP contribution < -0.4 is 4.90 Å². The highest BCUT2D eigenvalue weighted by Gasteiger charge is 2.66. The van der Waals surface area contributed by atoms with Crippen LogP contribution in [0.25, 0.3) is 0 Å². The molecule has 2 amide bonds. The van der Waals surface area contributed by atoms with E-state index in [1.807, 2.05) is 13.8 Å². The minimum absolute atomic E-state index is 0.114. The Kier molecular flexibility index (Phi) is 4.95. The smallest absolute Gasteiger partial charge is 0.338 e. The summed E-state index contributed by atoms with van der Waals surface area (Å²) in [5, 5.41) is 0. The standard InChI is InChI=1S/C20H21Br2NO4/c1-9(2)8-27-20(26)10-3-5-11(6-4-10)23-18(24)14-12-7-13(15(14)19(23)25)17(22)16(12)21/h3-6,9,12-17H,7-8H2,1-2H3. The van der Waals surface area contributed by atoms with Crippen LogP contribution in [-0.4, -0.2) is 34.0 Å². The summed E-state index contributed by atoms with van der Waals surface area (Å²) in [4.78, 5) is 39.8. The van der Waals surface area contributed by atoms with Crippen LogP contribution >= 0.6 is 31.9 Å². The van der Waals surface area contributed by atoms with Gasteiger partial charge in [0, 0.05) is 9.65 Å². The van der Waals surface area contributed by atoms with Gasteiger partial charge in [0.1, 0.15) is 0 Å². The fourth-order valence-electron chi connectivity index (χ4n) is 4.68. The number of alkyl halides is 2. The third-order valence-corrected chi connectivity index (χ3v) is 9.10. The quantitative estimate of drug-likeness (QED) is 0.360. The van der Waals surface area contributed by atoms with E-state index in [2.05, 4.69) is 31.9 Å². The first kappa shape index (κ1) is 19.1. The number of esters is 1. The molecular formula is C20H21Br2NO4. The van der Waals surface area contributed by atoms with E-state index in [-0.39, 0.29) is 51.1 Å². The Balaban J connectivity index is 1.54. The summed E-state index contributed by atoms with van der Waals surface area (Å²) in [6, 6.07) is 6.54. The molecule has 6 unspecified atom stereocenters. The highest BCUT2D eigenvalue weighted by Crippen LogP contribution is 2.60. The maximum atomic E-state index is 13.0. The van der Waals surface area contributed by atoms with Crippen molar-refractivity contribution in [1.29, 1.82) is 0 Å². The number of carbonyl (C=O) groups excluding carboxylic acids is 3. The fourth-order valence-corrected chi connectivity index (χ4v) is 6.55. The summed E-state index contributed by atoms with van der Waals surface area (Å²) in [5.41, 5.74) is 0.941. The number of rotatable bonds is 4. The first-order chi connectivity index (χ1) is 12.8. The molecular weight excluding hydrogens is 478 g/mol. The van der Waals surface area contributed by atoms with E-state index in [1.54, 1.807) is 24.3 Å². The number of anilines is 1. The number of carbonyl (C=O) groups is 3. The molecule has 1 saturated heterocycles. The molecule has 2 saturated carbocycles.